The van der Waals surface area contributed by atoms with Gasteiger partial charge in [-0.3, -0.25) is 4.79 Å². The number of nitrogens with one attached hydrogen (secondary N) is 1. The first-order valence-electron chi connectivity index (χ1n) is 8.83. The van der Waals surface area contributed by atoms with E-state index >= 15 is 0 Å². The Morgan fingerprint density at radius 1 is 1.35 bits per heavy atom. The van der Waals surface area contributed by atoms with Crippen LogP contribution in [-0.4, -0.2) is 64.3 Å². The Hall–Kier alpha value is -1.97. The number of nitrogens with zero attached hydrogens (tertiary/aromatic N) is 3. The third-order valence-corrected chi connectivity index (χ3v) is 6.96. The van der Waals surface area contributed by atoms with E-state index < -0.39 is 22.1 Å². The van der Waals surface area contributed by atoms with Gasteiger partial charge in [-0.25, -0.2) is 4.98 Å². The highest BCUT2D eigenvalue weighted by molar-refractivity contribution is 7.86. The van der Waals surface area contributed by atoms with Crippen molar-refractivity contribution in [2.24, 2.45) is 5.92 Å². The number of carbonyl (C=O) groups is 1. The molecule has 1 aliphatic rings. The second kappa shape index (κ2) is 7.73. The number of H-pyrrole nitrogens is 1. The van der Waals surface area contributed by atoms with Crippen molar-refractivity contribution in [3.8, 4) is 0 Å². The lowest BCUT2D eigenvalue weighted by Gasteiger charge is -2.33. The molecule has 8 nitrogen and oxygen atoms in total. The topological polar surface area (TPSA) is 107 Å². The number of aliphatic carboxylic acids is 1. The van der Waals surface area contributed by atoms with Crippen LogP contribution < -0.4 is 0 Å². The summed E-state index contributed by atoms with van der Waals surface area (Å²) in [5, 5.41) is 9.06. The van der Waals surface area contributed by atoms with E-state index in [4.69, 9.17) is 5.11 Å². The number of hydrogen-bond acceptors (Lipinski definition) is 4. The summed E-state index contributed by atoms with van der Waals surface area (Å²) in [5.74, 6) is -0.546. The van der Waals surface area contributed by atoms with Gasteiger partial charge < -0.3 is 10.1 Å². The third kappa shape index (κ3) is 3.89. The van der Waals surface area contributed by atoms with Crippen LogP contribution in [0.3, 0.4) is 0 Å². The van der Waals surface area contributed by atoms with Gasteiger partial charge in [0.2, 0.25) is 0 Å². The number of rotatable bonds is 7. The zero-order valence-electron chi connectivity index (χ0n) is 14.8. The average Bonchev–Trinajstić information content (AvgIpc) is 3.05. The highest BCUT2D eigenvalue weighted by Gasteiger charge is 2.34. The van der Waals surface area contributed by atoms with Gasteiger partial charge in [-0.15, -0.1) is 0 Å². The van der Waals surface area contributed by atoms with Crippen molar-refractivity contribution in [3.63, 3.8) is 0 Å². The Bertz CT molecular complexity index is 839. The van der Waals surface area contributed by atoms with Gasteiger partial charge in [0.25, 0.3) is 10.2 Å². The number of carboxylic acids is 1. The van der Waals surface area contributed by atoms with E-state index in [1.165, 1.54) is 8.61 Å². The van der Waals surface area contributed by atoms with Crippen LogP contribution in [-0.2, 0) is 21.4 Å². The van der Waals surface area contributed by atoms with Crippen LogP contribution in [0.15, 0.2) is 24.3 Å². The van der Waals surface area contributed by atoms with Crippen molar-refractivity contribution in [2.45, 2.75) is 26.2 Å². The first-order valence-corrected chi connectivity index (χ1v) is 10.2. The Balaban J connectivity index is 1.64. The molecule has 2 N–H and O–H groups in total. The molecule has 0 bridgehead atoms. The molecule has 0 aliphatic carbocycles. The van der Waals surface area contributed by atoms with Crippen molar-refractivity contribution >= 4 is 27.2 Å². The number of imidazole rings is 1. The molecule has 26 heavy (non-hydrogen) atoms. The molecular weight excluding hydrogens is 356 g/mol. The van der Waals surface area contributed by atoms with Crippen molar-refractivity contribution in [1.29, 1.82) is 0 Å². The second-order valence-electron chi connectivity index (χ2n) is 6.46. The molecule has 1 aromatic carbocycles. The number of likely N-dealkylation sites (N-methyl/N-ethyl adjacent to an activating group) is 1. The molecule has 2 aromatic rings. The molecule has 3 rings (SSSR count). The van der Waals surface area contributed by atoms with Gasteiger partial charge in [-0.1, -0.05) is 19.1 Å². The van der Waals surface area contributed by atoms with Crippen LogP contribution >= 0.6 is 0 Å². The highest BCUT2D eigenvalue weighted by Crippen LogP contribution is 2.22. The molecule has 0 unspecified atom stereocenters. The Labute approximate surface area is 153 Å². The summed E-state index contributed by atoms with van der Waals surface area (Å²) in [6, 6.07) is 7.69. The zero-order chi connectivity index (χ0) is 18.7. The molecule has 0 radical (unpaired) electrons. The van der Waals surface area contributed by atoms with E-state index in [2.05, 4.69) is 9.97 Å². The van der Waals surface area contributed by atoms with Crippen molar-refractivity contribution in [2.75, 3.05) is 26.2 Å². The average molecular weight is 380 g/mol. The lowest BCUT2D eigenvalue weighted by molar-refractivity contribution is -0.142. The summed E-state index contributed by atoms with van der Waals surface area (Å²) in [4.78, 5) is 18.7. The molecule has 1 aliphatic heterocycles. The van der Waals surface area contributed by atoms with E-state index in [1.54, 1.807) is 6.92 Å². The molecular formula is C17H24N4O4S. The molecule has 0 spiro atoms. The lowest BCUT2D eigenvalue weighted by Crippen LogP contribution is -2.48. The summed E-state index contributed by atoms with van der Waals surface area (Å²) >= 11 is 0. The maximum absolute atomic E-state index is 12.9. The van der Waals surface area contributed by atoms with E-state index in [-0.39, 0.29) is 13.1 Å². The number of piperidine rings is 1. The van der Waals surface area contributed by atoms with E-state index in [1.807, 2.05) is 24.3 Å². The number of hydrogen-bond donors (Lipinski definition) is 2. The standard InChI is InChI=1S/C17H24N4O4S/c1-2-20(12-9-16-18-14-5-3-4-6-15(14)19-16)26(24,25)21-10-7-13(8-11-21)17(22)23/h3-6,13H,2,7-12H2,1H3,(H,18,19)(H,22,23). The third-order valence-electron chi connectivity index (χ3n) is 4.84. The molecule has 1 saturated heterocycles. The minimum absolute atomic E-state index is 0.250. The minimum atomic E-state index is -3.59. The normalized spacial score (nSPS) is 17.2. The van der Waals surface area contributed by atoms with Crippen molar-refractivity contribution < 1.29 is 18.3 Å². The van der Waals surface area contributed by atoms with E-state index in [0.717, 1.165) is 16.9 Å². The summed E-state index contributed by atoms with van der Waals surface area (Å²) in [5.41, 5.74) is 1.80. The monoisotopic (exact) mass is 380 g/mol. The summed E-state index contributed by atoms with van der Waals surface area (Å²) in [7, 11) is -3.59. The molecule has 9 heteroatoms. The predicted molar refractivity (Wildman–Crippen MR) is 97.9 cm³/mol. The van der Waals surface area contributed by atoms with E-state index in [0.29, 0.717) is 32.4 Å². The second-order valence-corrected chi connectivity index (χ2v) is 8.39. The molecule has 0 atom stereocenters. The summed E-state index contributed by atoms with van der Waals surface area (Å²) in [6.45, 7) is 3.00. The number of para-hydroxylation sites is 2. The van der Waals surface area contributed by atoms with Gasteiger partial charge in [0.1, 0.15) is 5.82 Å². The molecule has 0 saturated carbocycles. The highest BCUT2D eigenvalue weighted by atomic mass is 32.2. The maximum Gasteiger partial charge on any atom is 0.306 e. The number of aromatic amines is 1. The Kier molecular flexibility index (Phi) is 5.59. The van der Waals surface area contributed by atoms with Gasteiger partial charge in [0.05, 0.1) is 17.0 Å². The predicted octanol–water partition coefficient (Wildman–Crippen LogP) is 1.47. The summed E-state index contributed by atoms with van der Waals surface area (Å²) in [6.07, 6.45) is 1.21. The largest absolute Gasteiger partial charge is 0.481 e. The fourth-order valence-corrected chi connectivity index (χ4v) is 4.94. The van der Waals surface area contributed by atoms with Crippen LogP contribution in [0.1, 0.15) is 25.6 Å². The first-order chi connectivity index (χ1) is 12.4. The van der Waals surface area contributed by atoms with Crippen LogP contribution in [0.25, 0.3) is 11.0 Å². The van der Waals surface area contributed by atoms with Gasteiger partial charge in [0, 0.05) is 32.6 Å². The smallest absolute Gasteiger partial charge is 0.306 e. The SMILES string of the molecule is CCN(CCc1nc2ccccc2[nH]1)S(=O)(=O)N1CCC(C(=O)O)CC1. The van der Waals surface area contributed by atoms with Gasteiger partial charge in [-0.05, 0) is 25.0 Å². The van der Waals surface area contributed by atoms with Crippen LogP contribution in [0.4, 0.5) is 0 Å². The fraction of sp³-hybridized carbons (Fsp3) is 0.529. The minimum Gasteiger partial charge on any atom is -0.481 e. The van der Waals surface area contributed by atoms with Gasteiger partial charge in [0.15, 0.2) is 0 Å². The maximum atomic E-state index is 12.9. The van der Waals surface area contributed by atoms with Crippen LogP contribution in [0.5, 0.6) is 0 Å². The number of fused-ring (bicyclic) bond motifs is 1. The van der Waals surface area contributed by atoms with E-state index in [9.17, 15) is 13.2 Å². The fourth-order valence-electron chi connectivity index (χ4n) is 3.29. The molecule has 142 valence electrons. The number of benzene rings is 1. The van der Waals surface area contributed by atoms with Crippen LogP contribution in [0.2, 0.25) is 0 Å². The molecule has 0 amide bonds. The van der Waals surface area contributed by atoms with Crippen LogP contribution in [0, 0.1) is 5.92 Å². The van der Waals surface area contributed by atoms with Crippen molar-refractivity contribution in [1.82, 2.24) is 18.6 Å². The number of aromatic nitrogens is 2. The first kappa shape index (κ1) is 18.8. The Morgan fingerprint density at radius 3 is 2.65 bits per heavy atom. The Morgan fingerprint density at radius 2 is 2.04 bits per heavy atom. The van der Waals surface area contributed by atoms with Crippen molar-refractivity contribution in [3.05, 3.63) is 30.1 Å². The summed E-state index contributed by atoms with van der Waals surface area (Å²) < 4.78 is 28.6. The van der Waals surface area contributed by atoms with Gasteiger partial charge in [-0.2, -0.15) is 17.0 Å². The zero-order valence-corrected chi connectivity index (χ0v) is 15.6. The quantitative estimate of drug-likeness (QED) is 0.756. The molecule has 1 aromatic heterocycles. The number of carboxylic acid groups (broad SMARTS) is 1. The lowest BCUT2D eigenvalue weighted by atomic mass is 9.99. The van der Waals surface area contributed by atoms with Gasteiger partial charge >= 0.3 is 5.97 Å². The molecule has 2 heterocycles. The molecule has 1 fully saturated rings.